The first kappa shape index (κ1) is 25.1. The molecule has 0 N–H and O–H groups in total. The minimum atomic E-state index is -4.46. The van der Waals surface area contributed by atoms with Crippen molar-refractivity contribution in [1.82, 2.24) is 14.5 Å². The van der Waals surface area contributed by atoms with E-state index in [-0.39, 0.29) is 17.5 Å². The van der Waals surface area contributed by atoms with Gasteiger partial charge in [-0.05, 0) is 88.4 Å². The molecule has 5 rings (SSSR count). The molecule has 0 saturated carbocycles. The first-order valence-corrected chi connectivity index (χ1v) is 12.6. The molecule has 192 valence electrons. The van der Waals surface area contributed by atoms with E-state index >= 15 is 0 Å². The minimum Gasteiger partial charge on any atom is -0.328 e. The van der Waals surface area contributed by atoms with Gasteiger partial charge >= 0.3 is 6.18 Å². The Labute approximate surface area is 214 Å². The van der Waals surface area contributed by atoms with Crippen molar-refractivity contribution >= 4 is 16.9 Å². The molecule has 0 aliphatic carbocycles. The lowest BCUT2D eigenvalue weighted by Crippen LogP contribution is -2.40. The zero-order valence-electron chi connectivity index (χ0n) is 21.5. The van der Waals surface area contributed by atoms with Gasteiger partial charge in [-0.1, -0.05) is 35.4 Å². The molecule has 1 aliphatic heterocycles. The van der Waals surface area contributed by atoms with E-state index in [0.717, 1.165) is 52.9 Å². The molecular weight excluding hydrogens is 475 g/mol. The van der Waals surface area contributed by atoms with Gasteiger partial charge in [0.15, 0.2) is 0 Å². The van der Waals surface area contributed by atoms with Gasteiger partial charge in [0, 0.05) is 17.8 Å². The average molecular weight is 506 g/mol. The number of hydrogen-bond acceptors (Lipinski definition) is 2. The van der Waals surface area contributed by atoms with Gasteiger partial charge in [-0.15, -0.1) is 0 Å². The van der Waals surface area contributed by atoms with Crippen LogP contribution in [-0.2, 0) is 6.18 Å². The molecule has 1 aromatic heterocycles. The van der Waals surface area contributed by atoms with E-state index in [4.69, 9.17) is 4.98 Å². The summed E-state index contributed by atoms with van der Waals surface area (Å²) < 4.78 is 42.5. The molecule has 0 spiro atoms. The van der Waals surface area contributed by atoms with Crippen LogP contribution in [0.25, 0.3) is 16.7 Å². The molecule has 4 aromatic rings. The van der Waals surface area contributed by atoms with Crippen LogP contribution in [0.3, 0.4) is 0 Å². The summed E-state index contributed by atoms with van der Waals surface area (Å²) in [6.45, 7) is 8.47. The predicted molar refractivity (Wildman–Crippen MR) is 139 cm³/mol. The van der Waals surface area contributed by atoms with Crippen molar-refractivity contribution < 1.29 is 18.0 Å². The van der Waals surface area contributed by atoms with Crippen LogP contribution in [0.5, 0.6) is 0 Å². The number of nitrogens with zero attached hydrogens (tertiary/aromatic N) is 3. The smallest absolute Gasteiger partial charge is 0.328 e. The number of rotatable bonds is 3. The van der Waals surface area contributed by atoms with Gasteiger partial charge in [0.25, 0.3) is 5.91 Å². The quantitative estimate of drug-likeness (QED) is 0.287. The number of amides is 1. The van der Waals surface area contributed by atoms with E-state index in [2.05, 4.69) is 0 Å². The summed E-state index contributed by atoms with van der Waals surface area (Å²) in [5.74, 6) is 0.534. The van der Waals surface area contributed by atoms with Gasteiger partial charge in [0.1, 0.15) is 5.82 Å². The highest BCUT2D eigenvalue weighted by molar-refractivity contribution is 5.97. The highest BCUT2D eigenvalue weighted by Crippen LogP contribution is 2.38. The lowest BCUT2D eigenvalue weighted by molar-refractivity contribution is -0.137. The van der Waals surface area contributed by atoms with E-state index < -0.39 is 11.7 Å². The fourth-order valence-corrected chi connectivity index (χ4v) is 5.57. The molecule has 1 atom stereocenters. The van der Waals surface area contributed by atoms with Gasteiger partial charge in [0.05, 0.1) is 22.6 Å². The molecule has 3 aromatic carbocycles. The third-order valence-electron chi connectivity index (χ3n) is 7.25. The van der Waals surface area contributed by atoms with E-state index in [1.165, 1.54) is 6.07 Å². The number of carbonyl (C=O) groups is 1. The van der Waals surface area contributed by atoms with Gasteiger partial charge in [0.2, 0.25) is 0 Å². The maximum absolute atomic E-state index is 14.0. The Morgan fingerprint density at radius 3 is 2.22 bits per heavy atom. The van der Waals surface area contributed by atoms with Crippen molar-refractivity contribution in [3.05, 3.63) is 93.8 Å². The van der Waals surface area contributed by atoms with Crippen LogP contribution in [0.15, 0.2) is 54.6 Å². The van der Waals surface area contributed by atoms with Crippen LogP contribution in [0.2, 0.25) is 0 Å². The SMILES string of the molecule is Cc1ccc(-n2c(C3CCCCN3C(=O)c3c(C)cc(C)cc3C)nc3cc(C(F)(F)F)ccc32)cc1. The number of likely N-dealkylation sites (tertiary alicyclic amines) is 1. The Bertz CT molecular complexity index is 1460. The molecule has 1 saturated heterocycles. The lowest BCUT2D eigenvalue weighted by Gasteiger charge is -2.36. The number of fused-ring (bicyclic) bond motifs is 1. The zero-order valence-corrected chi connectivity index (χ0v) is 21.5. The normalized spacial score (nSPS) is 16.4. The Balaban J connectivity index is 1.68. The maximum Gasteiger partial charge on any atom is 0.416 e. The van der Waals surface area contributed by atoms with E-state index in [0.29, 0.717) is 29.9 Å². The van der Waals surface area contributed by atoms with Crippen molar-refractivity contribution in [3.63, 3.8) is 0 Å². The molecule has 37 heavy (non-hydrogen) atoms. The highest BCUT2D eigenvalue weighted by atomic mass is 19.4. The molecule has 0 radical (unpaired) electrons. The number of halogens is 3. The van der Waals surface area contributed by atoms with E-state index in [1.54, 1.807) is 0 Å². The molecule has 1 unspecified atom stereocenters. The topological polar surface area (TPSA) is 38.1 Å². The van der Waals surface area contributed by atoms with Crippen LogP contribution in [-0.4, -0.2) is 26.9 Å². The summed E-state index contributed by atoms with van der Waals surface area (Å²) in [6.07, 6.45) is -1.99. The summed E-state index contributed by atoms with van der Waals surface area (Å²) in [5, 5.41) is 0. The van der Waals surface area contributed by atoms with Crippen LogP contribution >= 0.6 is 0 Å². The number of carbonyl (C=O) groups excluding carboxylic acids is 1. The summed E-state index contributed by atoms with van der Waals surface area (Å²) in [5.41, 5.74) is 5.65. The second-order valence-corrected chi connectivity index (χ2v) is 10.1. The van der Waals surface area contributed by atoms with Crippen LogP contribution in [0.4, 0.5) is 13.2 Å². The highest BCUT2D eigenvalue weighted by Gasteiger charge is 2.35. The molecule has 4 nitrogen and oxygen atoms in total. The Kier molecular flexibility index (Phi) is 6.34. The third-order valence-corrected chi connectivity index (χ3v) is 7.25. The number of benzene rings is 3. The summed E-state index contributed by atoms with van der Waals surface area (Å²) in [7, 11) is 0. The Morgan fingerprint density at radius 1 is 0.892 bits per heavy atom. The van der Waals surface area contributed by atoms with Gasteiger partial charge in [-0.3, -0.25) is 9.36 Å². The maximum atomic E-state index is 14.0. The molecule has 0 bridgehead atoms. The van der Waals surface area contributed by atoms with Crippen molar-refractivity contribution in [2.24, 2.45) is 0 Å². The summed E-state index contributed by atoms with van der Waals surface area (Å²) >= 11 is 0. The van der Waals surface area contributed by atoms with Gasteiger partial charge < -0.3 is 4.90 Å². The number of alkyl halides is 3. The number of piperidine rings is 1. The predicted octanol–water partition coefficient (Wildman–Crippen LogP) is 7.65. The van der Waals surface area contributed by atoms with Crippen molar-refractivity contribution in [2.75, 3.05) is 6.54 Å². The molecule has 1 aliphatic rings. The average Bonchev–Trinajstić information content (AvgIpc) is 3.22. The molecule has 7 heteroatoms. The van der Waals surface area contributed by atoms with Gasteiger partial charge in [-0.25, -0.2) is 4.98 Å². The van der Waals surface area contributed by atoms with Crippen molar-refractivity contribution in [2.45, 2.75) is 59.2 Å². The summed E-state index contributed by atoms with van der Waals surface area (Å²) in [6, 6.07) is 15.2. The molecule has 1 fully saturated rings. The zero-order chi connectivity index (χ0) is 26.5. The number of hydrogen-bond donors (Lipinski definition) is 0. The molecule has 2 heterocycles. The van der Waals surface area contributed by atoms with Crippen LogP contribution < -0.4 is 0 Å². The first-order valence-electron chi connectivity index (χ1n) is 12.6. The second kappa shape index (κ2) is 9.36. The first-order chi connectivity index (χ1) is 17.5. The van der Waals surface area contributed by atoms with E-state index in [9.17, 15) is 18.0 Å². The second-order valence-electron chi connectivity index (χ2n) is 10.1. The Hall–Kier alpha value is -3.61. The Morgan fingerprint density at radius 2 is 1.57 bits per heavy atom. The minimum absolute atomic E-state index is 0.0572. The molecule has 1 amide bonds. The molecular formula is C30H30F3N3O. The standard InChI is InChI=1S/C30H30F3N3O/c1-18-8-11-23(12-9-18)36-25-13-10-22(30(31,32)33)17-24(25)34-28(36)26-7-5-6-14-35(26)29(37)27-20(3)15-19(2)16-21(27)4/h8-13,15-17,26H,5-7,14H2,1-4H3. The number of aryl methyl sites for hydroxylation is 4. The fraction of sp³-hybridized carbons (Fsp3) is 0.333. The van der Waals surface area contributed by atoms with Crippen molar-refractivity contribution in [3.8, 4) is 5.69 Å². The van der Waals surface area contributed by atoms with E-state index in [1.807, 2.05) is 73.6 Å². The van der Waals surface area contributed by atoms with Crippen molar-refractivity contribution in [1.29, 1.82) is 0 Å². The number of aromatic nitrogens is 2. The summed E-state index contributed by atoms with van der Waals surface area (Å²) in [4.78, 5) is 20.6. The third kappa shape index (κ3) is 4.63. The lowest BCUT2D eigenvalue weighted by atomic mass is 9.95. The largest absolute Gasteiger partial charge is 0.416 e. The number of imidazole rings is 1. The van der Waals surface area contributed by atoms with Crippen LogP contribution in [0.1, 0.15) is 69.3 Å². The van der Waals surface area contributed by atoms with Crippen LogP contribution in [0, 0.1) is 27.7 Å². The monoisotopic (exact) mass is 505 g/mol. The van der Waals surface area contributed by atoms with Gasteiger partial charge in [-0.2, -0.15) is 13.2 Å². The fourth-order valence-electron chi connectivity index (χ4n) is 5.57.